The molecule has 0 atom stereocenters. The molecule has 20 heavy (non-hydrogen) atoms. The van der Waals surface area contributed by atoms with Gasteiger partial charge in [0, 0.05) is 18.4 Å². The van der Waals surface area contributed by atoms with Gasteiger partial charge in [-0.3, -0.25) is 0 Å². The highest BCUT2D eigenvalue weighted by molar-refractivity contribution is 6.29. The van der Waals surface area contributed by atoms with Crippen molar-refractivity contribution in [1.82, 2.24) is 4.98 Å². The smallest absolute Gasteiger partial charge is 0.131 e. The summed E-state index contributed by atoms with van der Waals surface area (Å²) in [5.41, 5.74) is 3.37. The molecule has 0 bridgehead atoms. The number of hydrogen-bond donors (Lipinski definition) is 1. The Morgan fingerprint density at radius 1 is 1.15 bits per heavy atom. The number of nitrogens with one attached hydrogen (secondary N) is 1. The van der Waals surface area contributed by atoms with Crippen molar-refractivity contribution < 1.29 is 4.74 Å². The molecule has 4 heteroatoms. The van der Waals surface area contributed by atoms with Gasteiger partial charge in [0.2, 0.25) is 0 Å². The van der Waals surface area contributed by atoms with Gasteiger partial charge >= 0.3 is 0 Å². The van der Waals surface area contributed by atoms with Crippen molar-refractivity contribution >= 4 is 17.3 Å². The van der Waals surface area contributed by atoms with Crippen LogP contribution in [0.3, 0.4) is 0 Å². The minimum absolute atomic E-state index is 0.257. The zero-order valence-electron chi connectivity index (χ0n) is 11.8. The Hall–Kier alpha value is -1.58. The molecular formula is C16H19ClN2O. The minimum atomic E-state index is 0.257. The summed E-state index contributed by atoms with van der Waals surface area (Å²) in [4.78, 5) is 3.95. The molecule has 0 aliphatic rings. The van der Waals surface area contributed by atoms with Gasteiger partial charge in [0.15, 0.2) is 0 Å². The molecular weight excluding hydrogens is 272 g/mol. The fourth-order valence-corrected chi connectivity index (χ4v) is 1.91. The first-order chi connectivity index (χ1) is 9.63. The second kappa shape index (κ2) is 7.27. The van der Waals surface area contributed by atoms with Crippen LogP contribution in [0, 0.1) is 0 Å². The van der Waals surface area contributed by atoms with E-state index in [4.69, 9.17) is 16.3 Å². The molecule has 0 saturated heterocycles. The fraction of sp³-hybridized carbons (Fsp3) is 0.312. The van der Waals surface area contributed by atoms with E-state index in [1.807, 2.05) is 26.0 Å². The van der Waals surface area contributed by atoms with Gasteiger partial charge in [-0.25, -0.2) is 4.98 Å². The average Bonchev–Trinajstić information content (AvgIpc) is 2.44. The first-order valence-electron chi connectivity index (χ1n) is 6.68. The van der Waals surface area contributed by atoms with Gasteiger partial charge in [-0.2, -0.15) is 0 Å². The molecule has 1 aromatic carbocycles. The van der Waals surface area contributed by atoms with Crippen LogP contribution in [-0.4, -0.2) is 11.1 Å². The van der Waals surface area contributed by atoms with Crippen molar-refractivity contribution in [3.05, 3.63) is 58.9 Å². The van der Waals surface area contributed by atoms with Crippen molar-refractivity contribution in [2.75, 3.05) is 5.32 Å². The van der Waals surface area contributed by atoms with Crippen molar-refractivity contribution in [2.24, 2.45) is 0 Å². The molecule has 0 aliphatic carbocycles. The Balaban J connectivity index is 1.87. The molecule has 0 unspecified atom stereocenters. The summed E-state index contributed by atoms with van der Waals surface area (Å²) in [5.74, 6) is 0. The second-order valence-corrected chi connectivity index (χ2v) is 5.28. The van der Waals surface area contributed by atoms with E-state index < -0.39 is 0 Å². The predicted octanol–water partition coefficient (Wildman–Crippen LogP) is 4.27. The Morgan fingerprint density at radius 2 is 1.85 bits per heavy atom. The molecule has 1 N–H and O–H groups in total. The third-order valence-electron chi connectivity index (χ3n) is 2.83. The summed E-state index contributed by atoms with van der Waals surface area (Å²) < 4.78 is 5.57. The summed E-state index contributed by atoms with van der Waals surface area (Å²) in [5, 5.41) is 3.81. The van der Waals surface area contributed by atoms with Crippen LogP contribution >= 0.6 is 11.6 Å². The maximum Gasteiger partial charge on any atom is 0.131 e. The molecule has 2 rings (SSSR count). The maximum absolute atomic E-state index is 5.84. The number of aromatic nitrogens is 1. The van der Waals surface area contributed by atoms with Gasteiger partial charge in [-0.1, -0.05) is 35.9 Å². The monoisotopic (exact) mass is 290 g/mol. The maximum atomic E-state index is 5.84. The van der Waals surface area contributed by atoms with E-state index in [2.05, 4.69) is 34.6 Å². The molecule has 0 radical (unpaired) electrons. The second-order valence-electron chi connectivity index (χ2n) is 4.90. The first kappa shape index (κ1) is 14.8. The first-order valence-corrected chi connectivity index (χ1v) is 7.06. The topological polar surface area (TPSA) is 34.1 Å². The highest BCUT2D eigenvalue weighted by atomic mass is 35.5. The van der Waals surface area contributed by atoms with Crippen molar-refractivity contribution in [2.45, 2.75) is 33.1 Å². The third-order valence-corrected chi connectivity index (χ3v) is 3.04. The Labute approximate surface area is 124 Å². The summed E-state index contributed by atoms with van der Waals surface area (Å²) in [6.07, 6.45) is 1.95. The van der Waals surface area contributed by atoms with Crippen LogP contribution in [0.1, 0.15) is 25.0 Å². The Morgan fingerprint density at radius 3 is 2.50 bits per heavy atom. The van der Waals surface area contributed by atoms with E-state index in [0.717, 1.165) is 12.2 Å². The fourth-order valence-electron chi connectivity index (χ4n) is 1.73. The Bertz CT molecular complexity index is 540. The molecule has 2 aromatic rings. The number of ether oxygens (including phenoxy) is 1. The van der Waals surface area contributed by atoms with E-state index in [1.54, 1.807) is 6.20 Å². The van der Waals surface area contributed by atoms with Crippen LogP contribution in [0.2, 0.25) is 5.15 Å². The molecule has 106 valence electrons. The van der Waals surface area contributed by atoms with E-state index in [0.29, 0.717) is 11.8 Å². The molecule has 1 aromatic heterocycles. The van der Waals surface area contributed by atoms with Crippen LogP contribution in [0.25, 0.3) is 0 Å². The molecule has 0 spiro atoms. The largest absolute Gasteiger partial charge is 0.381 e. The van der Waals surface area contributed by atoms with Gasteiger partial charge in [0.25, 0.3) is 0 Å². The average molecular weight is 291 g/mol. The summed E-state index contributed by atoms with van der Waals surface area (Å²) in [6, 6.07) is 12.1. The van der Waals surface area contributed by atoms with Gasteiger partial charge in [-0.05, 0) is 37.1 Å². The lowest BCUT2D eigenvalue weighted by atomic mass is 10.1. The molecule has 0 aliphatic heterocycles. The van der Waals surface area contributed by atoms with Crippen LogP contribution < -0.4 is 5.32 Å². The van der Waals surface area contributed by atoms with Gasteiger partial charge in [0.05, 0.1) is 12.7 Å². The molecule has 0 fully saturated rings. The zero-order chi connectivity index (χ0) is 14.4. The van der Waals surface area contributed by atoms with Crippen LogP contribution in [0.15, 0.2) is 42.6 Å². The normalized spacial score (nSPS) is 10.8. The van der Waals surface area contributed by atoms with Gasteiger partial charge in [0.1, 0.15) is 5.15 Å². The van der Waals surface area contributed by atoms with Crippen molar-refractivity contribution in [3.63, 3.8) is 0 Å². The molecule has 0 saturated carbocycles. The van der Waals surface area contributed by atoms with Gasteiger partial charge in [-0.15, -0.1) is 0 Å². The molecule has 3 nitrogen and oxygen atoms in total. The summed E-state index contributed by atoms with van der Waals surface area (Å²) >= 11 is 5.84. The summed E-state index contributed by atoms with van der Waals surface area (Å²) in [7, 11) is 0. The number of hydrogen-bond acceptors (Lipinski definition) is 3. The SMILES string of the molecule is CC(C)OCc1ccc(CNc2ccnc(Cl)c2)cc1. The molecule has 1 heterocycles. The Kier molecular flexibility index (Phi) is 5.39. The molecule has 0 amide bonds. The van der Waals surface area contributed by atoms with Gasteiger partial charge < -0.3 is 10.1 Å². The number of halogens is 1. The number of pyridine rings is 1. The van der Waals surface area contributed by atoms with E-state index in [1.165, 1.54) is 11.1 Å². The van der Waals surface area contributed by atoms with Crippen molar-refractivity contribution in [1.29, 1.82) is 0 Å². The highest BCUT2D eigenvalue weighted by Crippen LogP contribution is 2.14. The van der Waals surface area contributed by atoms with E-state index in [9.17, 15) is 0 Å². The predicted molar refractivity (Wildman–Crippen MR) is 82.9 cm³/mol. The number of anilines is 1. The van der Waals surface area contributed by atoms with E-state index in [-0.39, 0.29) is 6.10 Å². The quantitative estimate of drug-likeness (QED) is 0.807. The van der Waals surface area contributed by atoms with Crippen LogP contribution in [-0.2, 0) is 17.9 Å². The van der Waals surface area contributed by atoms with Crippen molar-refractivity contribution in [3.8, 4) is 0 Å². The number of benzene rings is 1. The lowest BCUT2D eigenvalue weighted by molar-refractivity contribution is 0.0657. The lowest BCUT2D eigenvalue weighted by Gasteiger charge is -2.09. The number of nitrogens with zero attached hydrogens (tertiary/aromatic N) is 1. The third kappa shape index (κ3) is 4.83. The standard InChI is InChI=1S/C16H19ClN2O/c1-12(2)20-11-14-5-3-13(4-6-14)10-19-15-7-8-18-16(17)9-15/h3-9,12H,10-11H2,1-2H3,(H,18,19). The summed E-state index contributed by atoms with van der Waals surface area (Å²) in [6.45, 7) is 5.49. The zero-order valence-corrected chi connectivity index (χ0v) is 12.5. The highest BCUT2D eigenvalue weighted by Gasteiger charge is 1.99. The lowest BCUT2D eigenvalue weighted by Crippen LogP contribution is -2.03. The minimum Gasteiger partial charge on any atom is -0.381 e. The van der Waals surface area contributed by atoms with Crippen LogP contribution in [0.5, 0.6) is 0 Å². The number of rotatable bonds is 6. The van der Waals surface area contributed by atoms with E-state index >= 15 is 0 Å². The van der Waals surface area contributed by atoms with Crippen LogP contribution in [0.4, 0.5) is 5.69 Å².